The van der Waals surface area contributed by atoms with Crippen LogP contribution >= 0.6 is 0 Å². The fourth-order valence-electron chi connectivity index (χ4n) is 3.65. The summed E-state index contributed by atoms with van der Waals surface area (Å²) in [5, 5.41) is 2.87. The third-order valence-electron chi connectivity index (χ3n) is 5.38. The van der Waals surface area contributed by atoms with Crippen molar-refractivity contribution in [3.63, 3.8) is 0 Å². The smallest absolute Gasteiger partial charge is 0.243 e. The van der Waals surface area contributed by atoms with E-state index in [-0.39, 0.29) is 12.5 Å². The van der Waals surface area contributed by atoms with Gasteiger partial charge in [-0.05, 0) is 56.0 Å². The van der Waals surface area contributed by atoms with Crippen LogP contribution in [0.4, 0.5) is 5.69 Å². The van der Waals surface area contributed by atoms with E-state index in [1.807, 2.05) is 19.1 Å². The maximum Gasteiger partial charge on any atom is 0.243 e. The van der Waals surface area contributed by atoms with E-state index in [0.717, 1.165) is 5.56 Å². The van der Waals surface area contributed by atoms with E-state index >= 15 is 0 Å². The molecule has 0 spiro atoms. The van der Waals surface area contributed by atoms with E-state index in [0.29, 0.717) is 47.0 Å². The number of amides is 1. The van der Waals surface area contributed by atoms with Crippen LogP contribution in [0.15, 0.2) is 41.3 Å². The van der Waals surface area contributed by atoms with Gasteiger partial charge in [0, 0.05) is 19.2 Å². The Morgan fingerprint density at radius 3 is 2.57 bits per heavy atom. The standard InChI is InChI=1S/C22H28N2O5S/c1-15-7-8-16(2)21(12-15)30(26,27)24-11-5-6-17(14-24)22(25)23-19-13-18(28-3)9-10-20(19)29-4/h7-10,12-13,17H,5-6,11,14H2,1-4H3,(H,23,25). The van der Waals surface area contributed by atoms with Gasteiger partial charge in [-0.3, -0.25) is 4.79 Å². The van der Waals surface area contributed by atoms with Crippen LogP contribution in [0.25, 0.3) is 0 Å². The van der Waals surface area contributed by atoms with Gasteiger partial charge in [0.15, 0.2) is 0 Å². The molecule has 30 heavy (non-hydrogen) atoms. The molecular weight excluding hydrogens is 404 g/mol. The Morgan fingerprint density at radius 1 is 1.10 bits per heavy atom. The first kappa shape index (κ1) is 22.1. The number of anilines is 1. The molecule has 0 aromatic heterocycles. The lowest BCUT2D eigenvalue weighted by Gasteiger charge is -2.31. The second-order valence-corrected chi connectivity index (χ2v) is 9.43. The lowest BCUT2D eigenvalue weighted by atomic mass is 9.98. The molecule has 0 aliphatic carbocycles. The van der Waals surface area contributed by atoms with Crippen LogP contribution < -0.4 is 14.8 Å². The van der Waals surface area contributed by atoms with Crippen molar-refractivity contribution in [3.8, 4) is 11.5 Å². The third kappa shape index (κ3) is 4.60. The fraction of sp³-hybridized carbons (Fsp3) is 0.409. The molecule has 2 aromatic rings. The number of carbonyl (C=O) groups excluding carboxylic acids is 1. The van der Waals surface area contributed by atoms with Crippen LogP contribution in [0.1, 0.15) is 24.0 Å². The third-order valence-corrected chi connectivity index (χ3v) is 7.39. The maximum absolute atomic E-state index is 13.2. The Labute approximate surface area is 178 Å². The molecule has 8 heteroatoms. The molecular formula is C22H28N2O5S. The summed E-state index contributed by atoms with van der Waals surface area (Å²) in [6.45, 7) is 4.21. The molecule has 3 rings (SSSR count). The number of carbonyl (C=O) groups is 1. The first-order valence-corrected chi connectivity index (χ1v) is 11.3. The van der Waals surface area contributed by atoms with E-state index < -0.39 is 15.9 Å². The minimum atomic E-state index is -3.67. The molecule has 1 aliphatic heterocycles. The highest BCUT2D eigenvalue weighted by atomic mass is 32.2. The van der Waals surface area contributed by atoms with E-state index in [1.165, 1.54) is 11.4 Å². The number of methoxy groups -OCH3 is 2. The number of nitrogens with zero attached hydrogens (tertiary/aromatic N) is 1. The summed E-state index contributed by atoms with van der Waals surface area (Å²) in [4.78, 5) is 13.2. The molecule has 0 bridgehead atoms. The Balaban J connectivity index is 1.79. The summed E-state index contributed by atoms with van der Waals surface area (Å²) in [6.07, 6.45) is 1.24. The highest BCUT2D eigenvalue weighted by Gasteiger charge is 2.34. The number of ether oxygens (including phenoxy) is 2. The van der Waals surface area contributed by atoms with Gasteiger partial charge in [-0.15, -0.1) is 0 Å². The van der Waals surface area contributed by atoms with Gasteiger partial charge >= 0.3 is 0 Å². The zero-order valence-electron chi connectivity index (χ0n) is 17.8. The highest BCUT2D eigenvalue weighted by Crippen LogP contribution is 2.31. The monoisotopic (exact) mass is 432 g/mol. The van der Waals surface area contributed by atoms with Crippen molar-refractivity contribution in [1.29, 1.82) is 0 Å². The van der Waals surface area contributed by atoms with Crippen LogP contribution in [0.2, 0.25) is 0 Å². The van der Waals surface area contributed by atoms with Gasteiger partial charge in [0.25, 0.3) is 0 Å². The maximum atomic E-state index is 13.2. The van der Waals surface area contributed by atoms with E-state index in [2.05, 4.69) is 5.32 Å². The zero-order chi connectivity index (χ0) is 21.9. The first-order chi connectivity index (χ1) is 14.3. The summed E-state index contributed by atoms with van der Waals surface area (Å²) in [5.41, 5.74) is 2.08. The van der Waals surface area contributed by atoms with Gasteiger partial charge in [0.2, 0.25) is 15.9 Å². The van der Waals surface area contributed by atoms with Crippen LogP contribution in [0, 0.1) is 19.8 Å². The largest absolute Gasteiger partial charge is 0.497 e. The number of hydrogen-bond acceptors (Lipinski definition) is 5. The predicted molar refractivity (Wildman–Crippen MR) is 116 cm³/mol. The molecule has 0 saturated carbocycles. The predicted octanol–water partition coefficient (Wildman–Crippen LogP) is 3.36. The fourth-order valence-corrected chi connectivity index (χ4v) is 5.48. The molecule has 1 aliphatic rings. The van der Waals surface area contributed by atoms with Gasteiger partial charge in [-0.1, -0.05) is 12.1 Å². The zero-order valence-corrected chi connectivity index (χ0v) is 18.6. The number of hydrogen-bond donors (Lipinski definition) is 1. The molecule has 7 nitrogen and oxygen atoms in total. The van der Waals surface area contributed by atoms with Gasteiger partial charge < -0.3 is 14.8 Å². The van der Waals surface area contributed by atoms with Gasteiger partial charge in [-0.2, -0.15) is 4.31 Å². The minimum Gasteiger partial charge on any atom is -0.497 e. The Morgan fingerprint density at radius 2 is 1.87 bits per heavy atom. The molecule has 1 saturated heterocycles. The lowest BCUT2D eigenvalue weighted by molar-refractivity contribution is -0.120. The Hall–Kier alpha value is -2.58. The molecule has 1 unspecified atom stereocenters. The average Bonchev–Trinajstić information content (AvgIpc) is 2.75. The normalized spacial score (nSPS) is 17.4. The summed E-state index contributed by atoms with van der Waals surface area (Å²) >= 11 is 0. The summed E-state index contributed by atoms with van der Waals surface area (Å²) < 4.78 is 38.4. The number of rotatable bonds is 6. The average molecular weight is 433 g/mol. The number of sulfonamides is 1. The van der Waals surface area contributed by atoms with Crippen LogP contribution in [0.5, 0.6) is 11.5 Å². The van der Waals surface area contributed by atoms with E-state index in [4.69, 9.17) is 9.47 Å². The summed E-state index contributed by atoms with van der Waals surface area (Å²) in [5.74, 6) is 0.422. The van der Waals surface area contributed by atoms with E-state index in [9.17, 15) is 13.2 Å². The minimum absolute atomic E-state index is 0.147. The van der Waals surface area contributed by atoms with Crippen molar-refractivity contribution in [1.82, 2.24) is 4.31 Å². The first-order valence-electron chi connectivity index (χ1n) is 9.86. The summed E-state index contributed by atoms with van der Waals surface area (Å²) in [7, 11) is -0.599. The number of piperidine rings is 1. The quantitative estimate of drug-likeness (QED) is 0.757. The van der Waals surface area contributed by atoms with Crippen molar-refractivity contribution in [2.75, 3.05) is 32.6 Å². The number of nitrogens with one attached hydrogen (secondary N) is 1. The molecule has 1 heterocycles. The molecule has 1 fully saturated rings. The van der Waals surface area contributed by atoms with Gasteiger partial charge in [-0.25, -0.2) is 8.42 Å². The van der Waals surface area contributed by atoms with Crippen molar-refractivity contribution in [2.45, 2.75) is 31.6 Å². The molecule has 1 N–H and O–H groups in total. The molecule has 0 radical (unpaired) electrons. The molecule has 1 atom stereocenters. The summed E-state index contributed by atoms with van der Waals surface area (Å²) in [6, 6.07) is 10.5. The number of benzene rings is 2. The van der Waals surface area contributed by atoms with Gasteiger partial charge in [0.1, 0.15) is 11.5 Å². The Kier molecular flexibility index (Phi) is 6.67. The second kappa shape index (κ2) is 9.06. The van der Waals surface area contributed by atoms with Crippen molar-refractivity contribution in [3.05, 3.63) is 47.5 Å². The molecule has 2 aromatic carbocycles. The van der Waals surface area contributed by atoms with Crippen LogP contribution in [-0.4, -0.2) is 45.9 Å². The van der Waals surface area contributed by atoms with Gasteiger partial charge in [0.05, 0.1) is 30.7 Å². The lowest BCUT2D eigenvalue weighted by Crippen LogP contribution is -2.43. The molecule has 1 amide bonds. The highest BCUT2D eigenvalue weighted by molar-refractivity contribution is 7.89. The van der Waals surface area contributed by atoms with Crippen molar-refractivity contribution in [2.24, 2.45) is 5.92 Å². The second-order valence-electron chi connectivity index (χ2n) is 7.53. The Bertz CT molecular complexity index is 1040. The number of aryl methyl sites for hydroxylation is 2. The van der Waals surface area contributed by atoms with Crippen LogP contribution in [-0.2, 0) is 14.8 Å². The SMILES string of the molecule is COc1ccc(OC)c(NC(=O)C2CCCN(S(=O)(=O)c3cc(C)ccc3C)C2)c1. The van der Waals surface area contributed by atoms with Crippen molar-refractivity contribution < 1.29 is 22.7 Å². The van der Waals surface area contributed by atoms with Crippen LogP contribution in [0.3, 0.4) is 0 Å². The van der Waals surface area contributed by atoms with Crippen molar-refractivity contribution >= 4 is 21.6 Å². The van der Waals surface area contributed by atoms with E-state index in [1.54, 1.807) is 38.3 Å². The topological polar surface area (TPSA) is 84.9 Å². The molecule has 162 valence electrons.